The van der Waals surface area contributed by atoms with E-state index in [1.54, 1.807) is 7.11 Å². The third kappa shape index (κ3) is 1.82. The van der Waals surface area contributed by atoms with Crippen LogP contribution in [0, 0.1) is 0 Å². The molecule has 0 fully saturated rings. The first-order valence-corrected chi connectivity index (χ1v) is 4.44. The number of aromatic nitrogens is 4. The predicted octanol–water partition coefficient (Wildman–Crippen LogP) is -0.583. The summed E-state index contributed by atoms with van der Waals surface area (Å²) < 4.78 is 4.90. The van der Waals surface area contributed by atoms with E-state index >= 15 is 0 Å². The van der Waals surface area contributed by atoms with Crippen molar-refractivity contribution in [3.63, 3.8) is 0 Å². The number of anilines is 1. The van der Waals surface area contributed by atoms with Crippen molar-refractivity contribution in [3.05, 3.63) is 16.2 Å². The van der Waals surface area contributed by atoms with Gasteiger partial charge in [0.1, 0.15) is 5.82 Å². The molecule has 0 spiro atoms. The maximum atomic E-state index is 11.4. The van der Waals surface area contributed by atoms with Crippen molar-refractivity contribution in [1.29, 1.82) is 0 Å². The molecule has 0 aromatic carbocycles. The van der Waals surface area contributed by atoms with E-state index in [1.165, 1.54) is 0 Å². The summed E-state index contributed by atoms with van der Waals surface area (Å²) in [5.74, 6) is 0.729. The molecule has 0 atom stereocenters. The minimum absolute atomic E-state index is 0.0669. The van der Waals surface area contributed by atoms with Crippen LogP contribution in [0.2, 0.25) is 0 Å². The van der Waals surface area contributed by atoms with Gasteiger partial charge in [-0.3, -0.25) is 9.78 Å². The van der Waals surface area contributed by atoms with Gasteiger partial charge in [-0.1, -0.05) is 0 Å². The molecule has 4 N–H and O–H groups in total. The van der Waals surface area contributed by atoms with Gasteiger partial charge in [0.2, 0.25) is 5.95 Å². The van der Waals surface area contributed by atoms with Crippen molar-refractivity contribution in [3.8, 4) is 0 Å². The summed E-state index contributed by atoms with van der Waals surface area (Å²) in [5.41, 5.74) is 5.76. The number of ether oxygens (including phenoxy) is 1. The summed E-state index contributed by atoms with van der Waals surface area (Å²) in [4.78, 5) is 24.7. The molecule has 0 radical (unpaired) electrons. The van der Waals surface area contributed by atoms with Crippen LogP contribution in [0.5, 0.6) is 0 Å². The molecule has 2 heterocycles. The quantitative estimate of drug-likeness (QED) is 0.626. The maximum Gasteiger partial charge on any atom is 0.278 e. The van der Waals surface area contributed by atoms with E-state index in [-0.39, 0.29) is 11.5 Å². The molecule has 0 amide bonds. The van der Waals surface area contributed by atoms with E-state index < -0.39 is 0 Å². The Labute approximate surface area is 84.7 Å². The Kier molecular flexibility index (Phi) is 2.38. The van der Waals surface area contributed by atoms with Gasteiger partial charge in [0, 0.05) is 13.5 Å². The second-order valence-corrected chi connectivity index (χ2v) is 3.08. The van der Waals surface area contributed by atoms with E-state index in [4.69, 9.17) is 10.5 Å². The molecule has 15 heavy (non-hydrogen) atoms. The molecule has 0 aliphatic rings. The zero-order valence-corrected chi connectivity index (χ0v) is 8.20. The molecule has 2 aromatic heterocycles. The van der Waals surface area contributed by atoms with Crippen molar-refractivity contribution in [2.24, 2.45) is 0 Å². The fourth-order valence-electron chi connectivity index (χ4n) is 1.29. The molecule has 0 bridgehead atoms. The van der Waals surface area contributed by atoms with Crippen molar-refractivity contribution in [2.45, 2.75) is 6.42 Å². The zero-order chi connectivity index (χ0) is 10.8. The lowest BCUT2D eigenvalue weighted by atomic mass is 10.4. The van der Waals surface area contributed by atoms with Crippen LogP contribution in [0.3, 0.4) is 0 Å². The predicted molar refractivity (Wildman–Crippen MR) is 54.5 cm³/mol. The monoisotopic (exact) mass is 209 g/mol. The summed E-state index contributed by atoms with van der Waals surface area (Å²) in [6.07, 6.45) is 0.603. The minimum atomic E-state index is -0.311. The number of H-pyrrole nitrogens is 2. The lowest BCUT2D eigenvalue weighted by Gasteiger charge is -1.92. The van der Waals surface area contributed by atoms with Crippen LogP contribution in [0.15, 0.2) is 4.79 Å². The number of nitrogens with zero attached hydrogens (tertiary/aromatic N) is 2. The van der Waals surface area contributed by atoms with E-state index in [0.29, 0.717) is 30.0 Å². The number of hydrogen-bond donors (Lipinski definition) is 3. The summed E-state index contributed by atoms with van der Waals surface area (Å²) in [6, 6.07) is 0. The average molecular weight is 209 g/mol. The second kappa shape index (κ2) is 3.70. The van der Waals surface area contributed by atoms with Crippen LogP contribution in [0.4, 0.5) is 5.95 Å². The van der Waals surface area contributed by atoms with Crippen molar-refractivity contribution >= 4 is 17.1 Å². The summed E-state index contributed by atoms with van der Waals surface area (Å²) in [6.45, 7) is 0.535. The Hall–Kier alpha value is -1.89. The van der Waals surface area contributed by atoms with E-state index in [9.17, 15) is 4.79 Å². The van der Waals surface area contributed by atoms with Crippen LogP contribution in [-0.4, -0.2) is 33.7 Å². The number of fused-ring (bicyclic) bond motifs is 1. The summed E-state index contributed by atoms with van der Waals surface area (Å²) >= 11 is 0. The van der Waals surface area contributed by atoms with E-state index in [0.717, 1.165) is 0 Å². The molecule has 0 aliphatic carbocycles. The number of hydrogen-bond acceptors (Lipinski definition) is 5. The average Bonchev–Trinajstić information content (AvgIpc) is 2.57. The Morgan fingerprint density at radius 3 is 2.93 bits per heavy atom. The second-order valence-electron chi connectivity index (χ2n) is 3.08. The molecular formula is C8H11N5O2. The highest BCUT2D eigenvalue weighted by atomic mass is 16.5. The van der Waals surface area contributed by atoms with Gasteiger partial charge < -0.3 is 15.5 Å². The lowest BCUT2D eigenvalue weighted by Crippen LogP contribution is -2.10. The standard InChI is InChI=1S/C8H11N5O2/c1-15-3-2-4-10-5-6(11-4)12-8(9)13-7(5)14/h2-3H2,1H3,(H4,9,10,11,12,13,14). The fraction of sp³-hybridized carbons (Fsp3) is 0.375. The summed E-state index contributed by atoms with van der Waals surface area (Å²) in [5, 5.41) is 0. The van der Waals surface area contributed by atoms with Crippen LogP contribution < -0.4 is 11.3 Å². The van der Waals surface area contributed by atoms with Crippen molar-refractivity contribution in [1.82, 2.24) is 19.9 Å². The van der Waals surface area contributed by atoms with Gasteiger partial charge >= 0.3 is 0 Å². The molecule has 7 nitrogen and oxygen atoms in total. The Bertz CT molecular complexity index is 529. The Morgan fingerprint density at radius 1 is 1.40 bits per heavy atom. The summed E-state index contributed by atoms with van der Waals surface area (Å²) in [7, 11) is 1.60. The van der Waals surface area contributed by atoms with Crippen LogP contribution in [-0.2, 0) is 11.2 Å². The number of aromatic amines is 2. The highest BCUT2D eigenvalue weighted by Gasteiger charge is 2.07. The highest BCUT2D eigenvalue weighted by Crippen LogP contribution is 2.04. The lowest BCUT2D eigenvalue weighted by molar-refractivity contribution is 0.201. The van der Waals surface area contributed by atoms with E-state index in [1.807, 2.05) is 0 Å². The van der Waals surface area contributed by atoms with Gasteiger partial charge in [-0.05, 0) is 0 Å². The Balaban J connectivity index is 2.46. The van der Waals surface area contributed by atoms with Gasteiger partial charge in [-0.15, -0.1) is 0 Å². The normalized spacial score (nSPS) is 11.0. The van der Waals surface area contributed by atoms with Gasteiger partial charge in [-0.2, -0.15) is 4.98 Å². The first kappa shape index (κ1) is 9.66. The molecule has 0 aliphatic heterocycles. The first-order chi connectivity index (χ1) is 7.20. The fourth-order valence-corrected chi connectivity index (χ4v) is 1.29. The van der Waals surface area contributed by atoms with Crippen molar-refractivity contribution in [2.75, 3.05) is 19.5 Å². The van der Waals surface area contributed by atoms with Gasteiger partial charge in [-0.25, -0.2) is 4.98 Å². The van der Waals surface area contributed by atoms with Gasteiger partial charge in [0.15, 0.2) is 11.2 Å². The number of imidazole rings is 1. The number of methoxy groups -OCH3 is 1. The molecule has 0 saturated heterocycles. The van der Waals surface area contributed by atoms with Crippen molar-refractivity contribution < 1.29 is 4.74 Å². The molecule has 0 saturated carbocycles. The molecule has 80 valence electrons. The van der Waals surface area contributed by atoms with Crippen LogP contribution in [0.1, 0.15) is 5.82 Å². The molecule has 7 heteroatoms. The molecular weight excluding hydrogens is 198 g/mol. The number of nitrogens with one attached hydrogen (secondary N) is 2. The largest absolute Gasteiger partial charge is 0.384 e. The van der Waals surface area contributed by atoms with Crippen LogP contribution in [0.25, 0.3) is 11.2 Å². The topological polar surface area (TPSA) is 110 Å². The SMILES string of the molecule is COCCc1nc2nc(N)[nH]c(=O)c2[nH]1. The maximum absolute atomic E-state index is 11.4. The first-order valence-electron chi connectivity index (χ1n) is 4.44. The Morgan fingerprint density at radius 2 is 2.20 bits per heavy atom. The minimum Gasteiger partial charge on any atom is -0.384 e. The molecule has 2 aromatic rings. The molecule has 2 rings (SSSR count). The molecule has 0 unspecified atom stereocenters. The number of rotatable bonds is 3. The van der Waals surface area contributed by atoms with Crippen LogP contribution >= 0.6 is 0 Å². The van der Waals surface area contributed by atoms with Gasteiger partial charge in [0.25, 0.3) is 5.56 Å². The third-order valence-electron chi connectivity index (χ3n) is 1.97. The van der Waals surface area contributed by atoms with Gasteiger partial charge in [0.05, 0.1) is 6.61 Å². The van der Waals surface area contributed by atoms with E-state index in [2.05, 4.69) is 19.9 Å². The smallest absolute Gasteiger partial charge is 0.278 e. The zero-order valence-electron chi connectivity index (χ0n) is 8.20. The number of nitrogen functional groups attached to an aromatic ring is 1. The third-order valence-corrected chi connectivity index (χ3v) is 1.97. The highest BCUT2D eigenvalue weighted by molar-refractivity contribution is 5.70. The number of nitrogens with two attached hydrogens (primary N) is 1.